The highest BCUT2D eigenvalue weighted by Gasteiger charge is 2.25. The molecule has 0 spiro atoms. The topological polar surface area (TPSA) is 23.6 Å². The molecule has 0 saturated carbocycles. The minimum Gasteiger partial charge on any atom is -0.343 e. The van der Waals surface area contributed by atoms with E-state index in [-0.39, 0.29) is 5.91 Å². The Labute approximate surface area is 128 Å². The number of benzene rings is 1. The van der Waals surface area contributed by atoms with Crippen LogP contribution < -0.4 is 0 Å². The van der Waals surface area contributed by atoms with Crippen molar-refractivity contribution >= 4 is 5.91 Å². The number of hydrogen-bond acceptors (Lipinski definition) is 2. The van der Waals surface area contributed by atoms with Crippen LogP contribution in [-0.4, -0.2) is 48.9 Å². The zero-order chi connectivity index (χ0) is 15.2. The second-order valence-corrected chi connectivity index (χ2v) is 6.64. The molecule has 0 N–H and O–H groups in total. The first-order valence-electron chi connectivity index (χ1n) is 8.02. The lowest BCUT2D eigenvalue weighted by Crippen LogP contribution is -2.32. The Hall–Kier alpha value is -1.35. The van der Waals surface area contributed by atoms with Crippen molar-refractivity contribution in [3.8, 4) is 0 Å². The van der Waals surface area contributed by atoms with E-state index in [0.717, 1.165) is 39.0 Å². The van der Waals surface area contributed by atoms with Crippen molar-refractivity contribution in [2.75, 3.05) is 33.2 Å². The molecule has 1 aliphatic rings. The molecule has 21 heavy (non-hydrogen) atoms. The zero-order valence-electron chi connectivity index (χ0n) is 13.6. The number of nitrogens with zero attached hydrogens (tertiary/aromatic N) is 2. The molecule has 1 saturated heterocycles. The molecule has 1 aliphatic heterocycles. The predicted octanol–water partition coefficient (Wildman–Crippen LogP) is 2.67. The van der Waals surface area contributed by atoms with E-state index in [1.54, 1.807) is 6.92 Å². The highest BCUT2D eigenvalue weighted by atomic mass is 16.2. The van der Waals surface area contributed by atoms with E-state index in [0.29, 0.717) is 11.8 Å². The second kappa shape index (κ2) is 7.60. The van der Waals surface area contributed by atoms with Crippen LogP contribution in [0.1, 0.15) is 25.8 Å². The molecule has 1 amide bonds. The Morgan fingerprint density at radius 3 is 2.71 bits per heavy atom. The summed E-state index contributed by atoms with van der Waals surface area (Å²) in [5, 5.41) is 0. The first kappa shape index (κ1) is 16.0. The Balaban J connectivity index is 1.72. The molecule has 0 bridgehead atoms. The van der Waals surface area contributed by atoms with Gasteiger partial charge < -0.3 is 9.80 Å². The van der Waals surface area contributed by atoms with E-state index < -0.39 is 0 Å². The Morgan fingerprint density at radius 2 is 2.10 bits per heavy atom. The van der Waals surface area contributed by atoms with E-state index >= 15 is 0 Å². The van der Waals surface area contributed by atoms with Crippen molar-refractivity contribution in [1.82, 2.24) is 9.80 Å². The van der Waals surface area contributed by atoms with Gasteiger partial charge in [0.15, 0.2) is 0 Å². The summed E-state index contributed by atoms with van der Waals surface area (Å²) >= 11 is 0. The molecular formula is C18H28N2O. The SMILES string of the molecule is CC(=O)N1CC[C@H](CN(C)C[C@H](C)Cc2ccccc2)C1. The van der Waals surface area contributed by atoms with Gasteiger partial charge in [0.25, 0.3) is 0 Å². The third-order valence-corrected chi connectivity index (χ3v) is 4.35. The molecule has 0 aliphatic carbocycles. The van der Waals surface area contributed by atoms with E-state index in [4.69, 9.17) is 0 Å². The molecule has 0 radical (unpaired) electrons. The summed E-state index contributed by atoms with van der Waals surface area (Å²) in [6.07, 6.45) is 2.28. The van der Waals surface area contributed by atoms with Crippen molar-refractivity contribution in [1.29, 1.82) is 0 Å². The summed E-state index contributed by atoms with van der Waals surface area (Å²) in [5.41, 5.74) is 1.42. The first-order chi connectivity index (χ1) is 10.0. The second-order valence-electron chi connectivity index (χ2n) is 6.64. The van der Waals surface area contributed by atoms with Gasteiger partial charge in [0.1, 0.15) is 0 Å². The molecule has 3 nitrogen and oxygen atoms in total. The van der Waals surface area contributed by atoms with Crippen LogP contribution in [0.25, 0.3) is 0 Å². The molecular weight excluding hydrogens is 260 g/mol. The fourth-order valence-electron chi connectivity index (χ4n) is 3.40. The number of likely N-dealkylation sites (tertiary alicyclic amines) is 1. The number of rotatable bonds is 6. The van der Waals surface area contributed by atoms with E-state index in [9.17, 15) is 4.79 Å². The Morgan fingerprint density at radius 1 is 1.38 bits per heavy atom. The third-order valence-electron chi connectivity index (χ3n) is 4.35. The highest BCUT2D eigenvalue weighted by Crippen LogP contribution is 2.18. The van der Waals surface area contributed by atoms with Gasteiger partial charge in [0, 0.05) is 33.1 Å². The van der Waals surface area contributed by atoms with Gasteiger partial charge in [0.05, 0.1) is 0 Å². The van der Waals surface area contributed by atoms with Crippen molar-refractivity contribution in [2.45, 2.75) is 26.7 Å². The van der Waals surface area contributed by atoms with Gasteiger partial charge in [-0.3, -0.25) is 4.79 Å². The Bertz CT molecular complexity index is 446. The van der Waals surface area contributed by atoms with Gasteiger partial charge in [-0.1, -0.05) is 37.3 Å². The van der Waals surface area contributed by atoms with Crippen LogP contribution >= 0.6 is 0 Å². The summed E-state index contributed by atoms with van der Waals surface area (Å²) in [5.74, 6) is 1.52. The maximum absolute atomic E-state index is 11.4. The first-order valence-corrected chi connectivity index (χ1v) is 8.02. The molecule has 1 heterocycles. The molecule has 2 atom stereocenters. The Kier molecular flexibility index (Phi) is 5.80. The van der Waals surface area contributed by atoms with Crippen LogP contribution in [0.2, 0.25) is 0 Å². The number of carbonyl (C=O) groups is 1. The molecule has 0 unspecified atom stereocenters. The maximum Gasteiger partial charge on any atom is 0.219 e. The number of amides is 1. The van der Waals surface area contributed by atoms with Crippen LogP contribution in [0.4, 0.5) is 0 Å². The van der Waals surface area contributed by atoms with E-state index in [1.165, 1.54) is 5.56 Å². The summed E-state index contributed by atoms with van der Waals surface area (Å²) < 4.78 is 0. The predicted molar refractivity (Wildman–Crippen MR) is 87.2 cm³/mol. The fourth-order valence-corrected chi connectivity index (χ4v) is 3.40. The monoisotopic (exact) mass is 288 g/mol. The van der Waals surface area contributed by atoms with Crippen molar-refractivity contribution in [3.63, 3.8) is 0 Å². The highest BCUT2D eigenvalue weighted by molar-refractivity contribution is 5.73. The molecule has 1 fully saturated rings. The van der Waals surface area contributed by atoms with Crippen LogP contribution in [0.3, 0.4) is 0 Å². The van der Waals surface area contributed by atoms with Gasteiger partial charge >= 0.3 is 0 Å². The zero-order valence-corrected chi connectivity index (χ0v) is 13.6. The van der Waals surface area contributed by atoms with Gasteiger partial charge in [0.2, 0.25) is 5.91 Å². The van der Waals surface area contributed by atoms with Crippen LogP contribution in [0.5, 0.6) is 0 Å². The van der Waals surface area contributed by atoms with Crippen molar-refractivity contribution < 1.29 is 4.79 Å². The van der Waals surface area contributed by atoms with Gasteiger partial charge in [-0.15, -0.1) is 0 Å². The molecule has 0 aromatic heterocycles. The van der Waals surface area contributed by atoms with Crippen LogP contribution in [0.15, 0.2) is 30.3 Å². The lowest BCUT2D eigenvalue weighted by atomic mass is 10.00. The number of carbonyl (C=O) groups excluding carboxylic acids is 1. The normalized spacial score (nSPS) is 20.0. The fraction of sp³-hybridized carbons (Fsp3) is 0.611. The molecule has 3 heteroatoms. The van der Waals surface area contributed by atoms with Crippen LogP contribution in [0, 0.1) is 11.8 Å². The quantitative estimate of drug-likeness (QED) is 0.803. The maximum atomic E-state index is 11.4. The average molecular weight is 288 g/mol. The van der Waals surface area contributed by atoms with Crippen LogP contribution in [-0.2, 0) is 11.2 Å². The molecule has 116 valence electrons. The van der Waals surface area contributed by atoms with Gasteiger partial charge in [-0.05, 0) is 37.3 Å². The van der Waals surface area contributed by atoms with E-state index in [1.807, 2.05) is 4.90 Å². The smallest absolute Gasteiger partial charge is 0.219 e. The number of hydrogen-bond donors (Lipinski definition) is 0. The minimum atomic E-state index is 0.220. The van der Waals surface area contributed by atoms with Gasteiger partial charge in [-0.25, -0.2) is 0 Å². The summed E-state index contributed by atoms with van der Waals surface area (Å²) in [6.45, 7) is 8.09. The standard InChI is InChI=1S/C18H28N2O/c1-15(11-17-7-5-4-6-8-17)12-19(3)13-18-9-10-20(14-18)16(2)21/h4-8,15,18H,9-14H2,1-3H3/t15-,18-/m1/s1. The van der Waals surface area contributed by atoms with Gasteiger partial charge in [-0.2, -0.15) is 0 Å². The minimum absolute atomic E-state index is 0.220. The lowest BCUT2D eigenvalue weighted by molar-refractivity contribution is -0.127. The van der Waals surface area contributed by atoms with E-state index in [2.05, 4.69) is 49.2 Å². The lowest BCUT2D eigenvalue weighted by Gasteiger charge is -2.24. The molecule has 1 aromatic rings. The average Bonchev–Trinajstić information content (AvgIpc) is 2.88. The van der Waals surface area contributed by atoms with Crippen molar-refractivity contribution in [3.05, 3.63) is 35.9 Å². The summed E-state index contributed by atoms with van der Waals surface area (Å²) in [7, 11) is 2.21. The molecule has 2 rings (SSSR count). The third kappa shape index (κ3) is 5.16. The summed E-state index contributed by atoms with van der Waals surface area (Å²) in [4.78, 5) is 15.8. The van der Waals surface area contributed by atoms with Crippen molar-refractivity contribution in [2.24, 2.45) is 11.8 Å². The largest absolute Gasteiger partial charge is 0.343 e. The summed E-state index contributed by atoms with van der Waals surface area (Å²) in [6, 6.07) is 10.7. The molecule has 1 aromatic carbocycles.